The number of carbonyl (C=O) groups is 1. The molecule has 26 heavy (non-hydrogen) atoms. The molecule has 0 atom stereocenters. The van der Waals surface area contributed by atoms with Gasteiger partial charge in [-0.1, -0.05) is 42.5 Å². The van der Waals surface area contributed by atoms with Crippen LogP contribution in [-0.4, -0.2) is 56.7 Å². The number of rotatable bonds is 5. The van der Waals surface area contributed by atoms with Crippen molar-refractivity contribution in [1.82, 2.24) is 24.6 Å². The summed E-state index contributed by atoms with van der Waals surface area (Å²) in [7, 11) is 0. The van der Waals surface area contributed by atoms with E-state index in [-0.39, 0.29) is 5.91 Å². The summed E-state index contributed by atoms with van der Waals surface area (Å²) in [6.45, 7) is 4.94. The first-order valence-corrected chi connectivity index (χ1v) is 9.09. The molecule has 6 heteroatoms. The SMILES string of the molecule is O=C(CCn1cncn1)N1CCN(Cc2cccc3ccccc23)CC1. The second-order valence-electron chi connectivity index (χ2n) is 6.70. The molecule has 2 aromatic carbocycles. The Kier molecular flexibility index (Phi) is 4.93. The number of hydrogen-bond donors (Lipinski definition) is 0. The fourth-order valence-corrected chi connectivity index (χ4v) is 3.54. The highest BCUT2D eigenvalue weighted by Gasteiger charge is 2.21. The largest absolute Gasteiger partial charge is 0.340 e. The predicted octanol–water partition coefficient (Wildman–Crippen LogP) is 2.17. The summed E-state index contributed by atoms with van der Waals surface area (Å²) >= 11 is 0. The summed E-state index contributed by atoms with van der Waals surface area (Å²) in [6.07, 6.45) is 3.62. The maximum absolute atomic E-state index is 12.4. The van der Waals surface area contributed by atoms with E-state index in [1.165, 1.54) is 22.7 Å². The lowest BCUT2D eigenvalue weighted by Crippen LogP contribution is -2.48. The Balaban J connectivity index is 1.31. The molecule has 0 unspecified atom stereocenters. The van der Waals surface area contributed by atoms with Crippen molar-refractivity contribution in [3.8, 4) is 0 Å². The van der Waals surface area contributed by atoms with Crippen LogP contribution in [0.2, 0.25) is 0 Å². The Morgan fingerprint density at radius 1 is 1.00 bits per heavy atom. The number of fused-ring (bicyclic) bond motifs is 1. The molecule has 0 spiro atoms. The Bertz CT molecular complexity index is 864. The highest BCUT2D eigenvalue weighted by molar-refractivity contribution is 5.85. The van der Waals surface area contributed by atoms with Crippen LogP contribution in [0.5, 0.6) is 0 Å². The van der Waals surface area contributed by atoms with E-state index in [1.54, 1.807) is 11.0 Å². The monoisotopic (exact) mass is 349 g/mol. The third-order valence-corrected chi connectivity index (χ3v) is 5.02. The number of benzene rings is 2. The van der Waals surface area contributed by atoms with Gasteiger partial charge in [-0.3, -0.25) is 14.4 Å². The Morgan fingerprint density at radius 3 is 2.62 bits per heavy atom. The van der Waals surface area contributed by atoms with Crippen molar-refractivity contribution in [3.63, 3.8) is 0 Å². The van der Waals surface area contributed by atoms with Gasteiger partial charge >= 0.3 is 0 Å². The van der Waals surface area contributed by atoms with Gasteiger partial charge in [-0.25, -0.2) is 4.98 Å². The summed E-state index contributed by atoms with van der Waals surface area (Å²) in [4.78, 5) is 20.7. The van der Waals surface area contributed by atoms with Crippen molar-refractivity contribution < 1.29 is 4.79 Å². The van der Waals surface area contributed by atoms with E-state index in [9.17, 15) is 4.79 Å². The number of hydrogen-bond acceptors (Lipinski definition) is 4. The molecule has 1 aliphatic rings. The van der Waals surface area contributed by atoms with Gasteiger partial charge in [0, 0.05) is 39.1 Å². The minimum atomic E-state index is 0.199. The topological polar surface area (TPSA) is 54.3 Å². The van der Waals surface area contributed by atoms with Crippen LogP contribution in [0, 0.1) is 0 Å². The zero-order valence-electron chi connectivity index (χ0n) is 14.8. The van der Waals surface area contributed by atoms with E-state index < -0.39 is 0 Å². The lowest BCUT2D eigenvalue weighted by atomic mass is 10.0. The van der Waals surface area contributed by atoms with E-state index >= 15 is 0 Å². The smallest absolute Gasteiger partial charge is 0.224 e. The van der Waals surface area contributed by atoms with Crippen molar-refractivity contribution in [3.05, 3.63) is 60.7 Å². The van der Waals surface area contributed by atoms with Gasteiger partial charge in [0.2, 0.25) is 5.91 Å². The number of aromatic nitrogens is 3. The first-order chi connectivity index (χ1) is 12.8. The molecule has 0 N–H and O–H groups in total. The van der Waals surface area contributed by atoms with E-state index in [2.05, 4.69) is 57.4 Å². The average Bonchev–Trinajstić information content (AvgIpc) is 3.21. The molecule has 2 heterocycles. The third kappa shape index (κ3) is 3.75. The molecule has 1 aliphatic heterocycles. The van der Waals surface area contributed by atoms with Gasteiger partial charge in [-0.05, 0) is 16.3 Å². The molecule has 1 aromatic heterocycles. The van der Waals surface area contributed by atoms with Crippen LogP contribution in [0.3, 0.4) is 0 Å². The highest BCUT2D eigenvalue weighted by atomic mass is 16.2. The highest BCUT2D eigenvalue weighted by Crippen LogP contribution is 2.20. The minimum absolute atomic E-state index is 0.199. The van der Waals surface area contributed by atoms with Crippen molar-refractivity contribution in [2.45, 2.75) is 19.5 Å². The molecule has 0 radical (unpaired) electrons. The van der Waals surface area contributed by atoms with Crippen LogP contribution in [-0.2, 0) is 17.9 Å². The van der Waals surface area contributed by atoms with Gasteiger partial charge in [0.25, 0.3) is 0 Å². The first kappa shape index (κ1) is 16.7. The number of aryl methyl sites for hydroxylation is 1. The van der Waals surface area contributed by atoms with Gasteiger partial charge in [0.1, 0.15) is 12.7 Å². The number of piperazine rings is 1. The lowest BCUT2D eigenvalue weighted by Gasteiger charge is -2.35. The molecule has 3 aromatic rings. The molecule has 1 saturated heterocycles. The molecular weight excluding hydrogens is 326 g/mol. The maximum atomic E-state index is 12.4. The number of carbonyl (C=O) groups excluding carboxylic acids is 1. The van der Waals surface area contributed by atoms with Gasteiger partial charge in [0.05, 0.1) is 6.54 Å². The number of nitrogens with zero attached hydrogens (tertiary/aromatic N) is 5. The van der Waals surface area contributed by atoms with E-state index in [0.717, 1.165) is 32.7 Å². The van der Waals surface area contributed by atoms with Gasteiger partial charge < -0.3 is 4.90 Å². The van der Waals surface area contributed by atoms with E-state index in [4.69, 9.17) is 0 Å². The Morgan fingerprint density at radius 2 is 1.81 bits per heavy atom. The standard InChI is InChI=1S/C20H23N5O/c26-20(8-9-25-16-21-15-22-25)24-12-10-23(11-13-24)14-18-6-3-5-17-4-1-2-7-19(17)18/h1-7,15-16H,8-14H2. The third-order valence-electron chi connectivity index (χ3n) is 5.02. The summed E-state index contributed by atoms with van der Waals surface area (Å²) in [5.41, 5.74) is 1.36. The van der Waals surface area contributed by atoms with Crippen molar-refractivity contribution in [2.75, 3.05) is 26.2 Å². The lowest BCUT2D eigenvalue weighted by molar-refractivity contribution is -0.133. The van der Waals surface area contributed by atoms with Gasteiger partial charge in [0.15, 0.2) is 0 Å². The maximum Gasteiger partial charge on any atom is 0.224 e. The molecule has 6 nitrogen and oxygen atoms in total. The second-order valence-corrected chi connectivity index (χ2v) is 6.70. The van der Waals surface area contributed by atoms with Crippen molar-refractivity contribution in [2.24, 2.45) is 0 Å². The van der Waals surface area contributed by atoms with Crippen LogP contribution in [0.25, 0.3) is 10.8 Å². The molecular formula is C20H23N5O. The molecule has 0 bridgehead atoms. The minimum Gasteiger partial charge on any atom is -0.340 e. The van der Waals surface area contributed by atoms with Crippen LogP contribution in [0.1, 0.15) is 12.0 Å². The summed E-state index contributed by atoms with van der Waals surface area (Å²) in [6, 6.07) is 15.0. The summed E-state index contributed by atoms with van der Waals surface area (Å²) in [5, 5.41) is 6.65. The summed E-state index contributed by atoms with van der Waals surface area (Å²) < 4.78 is 1.70. The molecule has 1 amide bonds. The molecule has 0 saturated carbocycles. The Hall–Kier alpha value is -2.73. The Labute approximate surface area is 153 Å². The van der Waals surface area contributed by atoms with E-state index in [0.29, 0.717) is 13.0 Å². The molecule has 134 valence electrons. The van der Waals surface area contributed by atoms with Crippen molar-refractivity contribution in [1.29, 1.82) is 0 Å². The quantitative estimate of drug-likeness (QED) is 0.708. The van der Waals surface area contributed by atoms with Gasteiger partial charge in [-0.2, -0.15) is 5.10 Å². The zero-order valence-corrected chi connectivity index (χ0v) is 14.8. The number of amides is 1. The second kappa shape index (κ2) is 7.66. The van der Waals surface area contributed by atoms with Crippen LogP contribution in [0.4, 0.5) is 0 Å². The van der Waals surface area contributed by atoms with E-state index in [1.807, 2.05) is 4.90 Å². The fourth-order valence-electron chi connectivity index (χ4n) is 3.54. The normalized spacial score (nSPS) is 15.5. The van der Waals surface area contributed by atoms with Crippen molar-refractivity contribution >= 4 is 16.7 Å². The zero-order chi connectivity index (χ0) is 17.8. The molecule has 1 fully saturated rings. The first-order valence-electron chi connectivity index (χ1n) is 9.09. The van der Waals surface area contributed by atoms with Crippen LogP contribution in [0.15, 0.2) is 55.1 Å². The van der Waals surface area contributed by atoms with Crippen LogP contribution >= 0.6 is 0 Å². The summed E-state index contributed by atoms with van der Waals surface area (Å²) in [5.74, 6) is 0.199. The molecule has 4 rings (SSSR count). The van der Waals surface area contributed by atoms with Gasteiger partial charge in [-0.15, -0.1) is 0 Å². The van der Waals surface area contributed by atoms with Crippen LogP contribution < -0.4 is 0 Å². The molecule has 0 aliphatic carbocycles. The average molecular weight is 349 g/mol. The fraction of sp³-hybridized carbons (Fsp3) is 0.350. The predicted molar refractivity (Wildman–Crippen MR) is 100 cm³/mol.